The molecule has 0 N–H and O–H groups in total. The predicted octanol–water partition coefficient (Wildman–Crippen LogP) is 4.16. The molecule has 6 nitrogen and oxygen atoms in total. The van der Waals surface area contributed by atoms with Crippen molar-refractivity contribution in [3.63, 3.8) is 0 Å². The molecule has 1 aromatic heterocycles. The maximum atomic E-state index is 13.1. The van der Waals surface area contributed by atoms with Gasteiger partial charge in [-0.3, -0.25) is 14.2 Å². The third kappa shape index (κ3) is 3.77. The summed E-state index contributed by atoms with van der Waals surface area (Å²) in [5.74, 6) is 0.854. The fraction of sp³-hybridized carbons (Fsp3) is 0.304. The lowest BCUT2D eigenvalue weighted by atomic mass is 10.0. The van der Waals surface area contributed by atoms with Crippen molar-refractivity contribution in [3.05, 3.63) is 65.0 Å². The molecule has 0 fully saturated rings. The van der Waals surface area contributed by atoms with E-state index in [1.165, 1.54) is 11.8 Å². The molecule has 30 heavy (non-hydrogen) atoms. The van der Waals surface area contributed by atoms with Crippen LogP contribution in [0.3, 0.4) is 0 Å². The molecule has 0 unspecified atom stereocenters. The second-order valence-electron chi connectivity index (χ2n) is 7.59. The molecular formula is C23H24N4O2S. The van der Waals surface area contributed by atoms with Crippen LogP contribution >= 0.6 is 11.8 Å². The molecule has 1 aliphatic rings. The number of nitrogens with zero attached hydrogens (tertiary/aromatic N) is 4. The Hall–Kier alpha value is -2.93. The molecule has 154 valence electrons. The van der Waals surface area contributed by atoms with Gasteiger partial charge in [-0.05, 0) is 68.7 Å². The summed E-state index contributed by atoms with van der Waals surface area (Å²) in [6.07, 6.45) is 0.776. The quantitative estimate of drug-likeness (QED) is 0.458. The number of aryl methyl sites for hydroxylation is 2. The van der Waals surface area contributed by atoms with Crippen LogP contribution in [0.4, 0.5) is 5.69 Å². The van der Waals surface area contributed by atoms with Gasteiger partial charge in [0.05, 0.1) is 5.25 Å². The average molecular weight is 421 g/mol. The summed E-state index contributed by atoms with van der Waals surface area (Å²) in [6.45, 7) is 8.09. The van der Waals surface area contributed by atoms with Gasteiger partial charge in [-0.25, -0.2) is 0 Å². The molecule has 1 atom stereocenters. The number of thioether (sulfide) groups is 1. The molecule has 7 heteroatoms. The third-order valence-electron chi connectivity index (χ3n) is 5.35. The summed E-state index contributed by atoms with van der Waals surface area (Å²) in [5.41, 5.74) is 4.76. The van der Waals surface area contributed by atoms with Gasteiger partial charge < -0.3 is 4.90 Å². The molecule has 3 aromatic rings. The summed E-state index contributed by atoms with van der Waals surface area (Å²) in [6, 6.07) is 13.8. The van der Waals surface area contributed by atoms with Gasteiger partial charge in [-0.1, -0.05) is 23.9 Å². The fourth-order valence-electron chi connectivity index (χ4n) is 3.81. The minimum atomic E-state index is -0.319. The Kier molecular flexibility index (Phi) is 5.47. The van der Waals surface area contributed by atoms with Gasteiger partial charge in [0.25, 0.3) is 0 Å². The largest absolute Gasteiger partial charge is 0.312 e. The summed E-state index contributed by atoms with van der Waals surface area (Å²) >= 11 is 1.41. The number of amides is 1. The van der Waals surface area contributed by atoms with Crippen molar-refractivity contribution in [2.45, 2.75) is 44.5 Å². The monoisotopic (exact) mass is 420 g/mol. The van der Waals surface area contributed by atoms with E-state index >= 15 is 0 Å². The van der Waals surface area contributed by atoms with Crippen LogP contribution in [0.1, 0.15) is 41.2 Å². The molecule has 1 aliphatic heterocycles. The number of rotatable bonds is 5. The maximum absolute atomic E-state index is 13.1. The van der Waals surface area contributed by atoms with Gasteiger partial charge >= 0.3 is 0 Å². The Bertz CT molecular complexity index is 1140. The van der Waals surface area contributed by atoms with Crippen molar-refractivity contribution in [1.82, 2.24) is 14.8 Å². The second kappa shape index (κ2) is 8.07. The Morgan fingerprint density at radius 2 is 1.90 bits per heavy atom. The second-order valence-corrected chi connectivity index (χ2v) is 8.90. The molecule has 4 rings (SSSR count). The van der Waals surface area contributed by atoms with Crippen LogP contribution in [0.25, 0.3) is 5.69 Å². The number of ketones is 1. The van der Waals surface area contributed by atoms with Crippen LogP contribution < -0.4 is 4.90 Å². The number of Topliss-reactive ketones (excluding diaryl/α,β-unsaturated/α-hetero) is 1. The van der Waals surface area contributed by atoms with Crippen molar-refractivity contribution in [2.24, 2.45) is 0 Å². The normalized spacial score (nSPS) is 13.9. The number of carbonyl (C=O) groups is 2. The highest BCUT2D eigenvalue weighted by Gasteiger charge is 2.25. The van der Waals surface area contributed by atoms with Gasteiger partial charge in [-0.15, -0.1) is 10.2 Å². The average Bonchev–Trinajstić information content (AvgIpc) is 3.30. The highest BCUT2D eigenvalue weighted by atomic mass is 32.2. The van der Waals surface area contributed by atoms with Crippen LogP contribution in [0, 0.1) is 13.8 Å². The summed E-state index contributed by atoms with van der Waals surface area (Å²) < 4.78 is 1.98. The minimum absolute atomic E-state index is 0.0302. The summed E-state index contributed by atoms with van der Waals surface area (Å²) in [5, 5.41) is 8.91. The van der Waals surface area contributed by atoms with Gasteiger partial charge in [0.15, 0.2) is 10.9 Å². The van der Waals surface area contributed by atoms with E-state index in [9.17, 15) is 9.59 Å². The maximum Gasteiger partial charge on any atom is 0.223 e. The van der Waals surface area contributed by atoms with Crippen molar-refractivity contribution in [1.29, 1.82) is 0 Å². The zero-order valence-corrected chi connectivity index (χ0v) is 18.4. The van der Waals surface area contributed by atoms with Crippen molar-refractivity contribution >= 4 is 29.1 Å². The van der Waals surface area contributed by atoms with Gasteiger partial charge in [0, 0.05) is 30.4 Å². The highest BCUT2D eigenvalue weighted by molar-refractivity contribution is 8.00. The van der Waals surface area contributed by atoms with Gasteiger partial charge in [0.2, 0.25) is 5.91 Å². The van der Waals surface area contributed by atoms with Crippen molar-refractivity contribution in [2.75, 3.05) is 11.4 Å². The number of benzene rings is 2. The minimum Gasteiger partial charge on any atom is -0.312 e. The van der Waals surface area contributed by atoms with E-state index < -0.39 is 0 Å². The number of hydrogen-bond acceptors (Lipinski definition) is 5. The number of hydrogen-bond donors (Lipinski definition) is 0. The first kappa shape index (κ1) is 20.3. The van der Waals surface area contributed by atoms with Crippen molar-refractivity contribution in [3.8, 4) is 5.69 Å². The third-order valence-corrected chi connectivity index (χ3v) is 6.39. The number of anilines is 1. The molecule has 1 amide bonds. The van der Waals surface area contributed by atoms with E-state index in [-0.39, 0.29) is 16.9 Å². The molecule has 0 radical (unpaired) electrons. The van der Waals surface area contributed by atoms with Crippen LogP contribution in [-0.4, -0.2) is 38.2 Å². The van der Waals surface area contributed by atoms with E-state index in [0.29, 0.717) is 17.3 Å². The first-order valence-electron chi connectivity index (χ1n) is 9.96. The first-order valence-corrected chi connectivity index (χ1v) is 10.8. The van der Waals surface area contributed by atoms with Crippen LogP contribution in [-0.2, 0) is 11.2 Å². The highest BCUT2D eigenvalue weighted by Crippen LogP contribution is 2.32. The standard InChI is InChI=1S/C23H24N4O2S/c1-14-6-5-7-20(12-14)27-16(3)24-25-23(27)30-15(2)22(29)19-8-9-21-18(13-19)10-11-26(21)17(4)28/h5-9,12-13,15H,10-11H2,1-4H3/t15-/m0/s1. The molecule has 0 spiro atoms. The molecule has 2 heterocycles. The van der Waals surface area contributed by atoms with E-state index in [1.54, 1.807) is 11.8 Å². The lowest BCUT2D eigenvalue weighted by Gasteiger charge is -2.16. The van der Waals surface area contributed by atoms with E-state index in [4.69, 9.17) is 0 Å². The Morgan fingerprint density at radius 1 is 1.10 bits per heavy atom. The van der Waals surface area contributed by atoms with Crippen molar-refractivity contribution < 1.29 is 9.59 Å². The van der Waals surface area contributed by atoms with Gasteiger partial charge in [-0.2, -0.15) is 0 Å². The Labute approximate surface area is 180 Å². The zero-order valence-electron chi connectivity index (χ0n) is 17.5. The number of fused-ring (bicyclic) bond motifs is 1. The summed E-state index contributed by atoms with van der Waals surface area (Å²) in [4.78, 5) is 26.6. The topological polar surface area (TPSA) is 68.1 Å². The first-order chi connectivity index (χ1) is 14.3. The summed E-state index contributed by atoms with van der Waals surface area (Å²) in [7, 11) is 0. The van der Waals surface area contributed by atoms with Crippen LogP contribution in [0.15, 0.2) is 47.6 Å². The smallest absolute Gasteiger partial charge is 0.223 e. The molecular weight excluding hydrogens is 396 g/mol. The van der Waals surface area contributed by atoms with E-state index in [0.717, 1.165) is 34.7 Å². The molecule has 0 aliphatic carbocycles. The van der Waals surface area contributed by atoms with E-state index in [1.807, 2.05) is 61.7 Å². The Balaban J connectivity index is 1.56. The Morgan fingerprint density at radius 3 is 2.63 bits per heavy atom. The predicted molar refractivity (Wildman–Crippen MR) is 119 cm³/mol. The number of aromatic nitrogens is 3. The van der Waals surface area contributed by atoms with Crippen LogP contribution in [0.5, 0.6) is 0 Å². The number of carbonyl (C=O) groups excluding carboxylic acids is 2. The van der Waals surface area contributed by atoms with Gasteiger partial charge in [0.1, 0.15) is 5.82 Å². The molecule has 0 saturated heterocycles. The molecule has 0 bridgehead atoms. The van der Waals surface area contributed by atoms with E-state index in [2.05, 4.69) is 16.3 Å². The SMILES string of the molecule is CC(=O)N1CCc2cc(C(=O)[C@H](C)Sc3nnc(C)n3-c3cccc(C)c3)ccc21. The lowest BCUT2D eigenvalue weighted by Crippen LogP contribution is -2.25. The fourth-order valence-corrected chi connectivity index (χ4v) is 4.80. The molecule has 0 saturated carbocycles. The molecule has 2 aromatic carbocycles. The van der Waals surface area contributed by atoms with Crippen LogP contribution in [0.2, 0.25) is 0 Å². The zero-order chi connectivity index (χ0) is 21.4. The lowest BCUT2D eigenvalue weighted by molar-refractivity contribution is -0.116.